The van der Waals surface area contributed by atoms with E-state index in [0.717, 1.165) is 4.47 Å². The van der Waals surface area contributed by atoms with Crippen molar-refractivity contribution in [2.45, 2.75) is 17.9 Å². The van der Waals surface area contributed by atoms with E-state index in [9.17, 15) is 0 Å². The van der Waals surface area contributed by atoms with Gasteiger partial charge in [-0.1, -0.05) is 6.07 Å². The van der Waals surface area contributed by atoms with Gasteiger partial charge in [-0.15, -0.1) is 11.8 Å². The van der Waals surface area contributed by atoms with Gasteiger partial charge in [0.15, 0.2) is 0 Å². The molecule has 0 radical (unpaired) electrons. The first-order valence-electron chi connectivity index (χ1n) is 3.74. The van der Waals surface area contributed by atoms with Gasteiger partial charge in [0.2, 0.25) is 0 Å². The van der Waals surface area contributed by atoms with Crippen LogP contribution in [0.2, 0.25) is 0 Å². The van der Waals surface area contributed by atoms with Crippen molar-refractivity contribution in [2.75, 3.05) is 6.26 Å². The molecule has 0 aliphatic carbocycles. The molecular weight excluding hydrogens is 234 g/mol. The second kappa shape index (κ2) is 4.30. The topological polar surface area (TPSA) is 26.0 Å². The predicted octanol–water partition coefficient (Wildman–Crippen LogP) is 3.19. The first kappa shape index (κ1) is 10.1. The van der Waals surface area contributed by atoms with E-state index in [2.05, 4.69) is 40.4 Å². The van der Waals surface area contributed by atoms with E-state index < -0.39 is 0 Å². The molecular formula is C9H12BrNS. The Labute approximate surface area is 85.9 Å². The van der Waals surface area contributed by atoms with Crippen LogP contribution < -0.4 is 5.73 Å². The number of rotatable bonds is 2. The highest BCUT2D eigenvalue weighted by atomic mass is 79.9. The van der Waals surface area contributed by atoms with Gasteiger partial charge < -0.3 is 5.73 Å². The first-order chi connectivity index (χ1) is 5.65. The van der Waals surface area contributed by atoms with E-state index >= 15 is 0 Å². The molecule has 66 valence electrons. The number of thioether (sulfide) groups is 1. The average Bonchev–Trinajstić information content (AvgIpc) is 2.04. The highest BCUT2D eigenvalue weighted by Crippen LogP contribution is 2.27. The molecule has 0 saturated heterocycles. The fraction of sp³-hybridized carbons (Fsp3) is 0.333. The van der Waals surface area contributed by atoms with Gasteiger partial charge in [-0.05, 0) is 46.8 Å². The Balaban J connectivity index is 3.02. The SMILES string of the molecule is CSc1ccc([C@H](C)N)cc1Br. The van der Waals surface area contributed by atoms with E-state index in [4.69, 9.17) is 5.73 Å². The van der Waals surface area contributed by atoms with Crippen LogP contribution in [0.15, 0.2) is 27.6 Å². The minimum absolute atomic E-state index is 0.109. The van der Waals surface area contributed by atoms with Gasteiger partial charge in [-0.3, -0.25) is 0 Å². The van der Waals surface area contributed by atoms with Crippen molar-refractivity contribution < 1.29 is 0 Å². The average molecular weight is 246 g/mol. The summed E-state index contributed by atoms with van der Waals surface area (Å²) in [4.78, 5) is 1.25. The summed E-state index contributed by atoms with van der Waals surface area (Å²) >= 11 is 5.23. The molecule has 1 nitrogen and oxygen atoms in total. The lowest BCUT2D eigenvalue weighted by atomic mass is 10.1. The largest absolute Gasteiger partial charge is 0.324 e. The molecule has 0 aromatic heterocycles. The van der Waals surface area contributed by atoms with Crippen molar-refractivity contribution in [1.29, 1.82) is 0 Å². The zero-order chi connectivity index (χ0) is 9.14. The number of hydrogen-bond donors (Lipinski definition) is 1. The van der Waals surface area contributed by atoms with Gasteiger partial charge in [-0.2, -0.15) is 0 Å². The summed E-state index contributed by atoms with van der Waals surface area (Å²) in [6.45, 7) is 1.99. The van der Waals surface area contributed by atoms with Crippen molar-refractivity contribution in [3.63, 3.8) is 0 Å². The lowest BCUT2D eigenvalue weighted by Gasteiger charge is -2.07. The minimum Gasteiger partial charge on any atom is -0.324 e. The quantitative estimate of drug-likeness (QED) is 0.811. The zero-order valence-electron chi connectivity index (χ0n) is 7.17. The summed E-state index contributed by atoms with van der Waals surface area (Å²) in [7, 11) is 0. The molecule has 0 unspecified atom stereocenters. The second-order valence-electron chi connectivity index (χ2n) is 2.68. The van der Waals surface area contributed by atoms with Crippen molar-refractivity contribution in [3.8, 4) is 0 Å². The Bertz CT molecular complexity index is 273. The van der Waals surface area contributed by atoms with E-state index in [1.54, 1.807) is 11.8 Å². The number of hydrogen-bond acceptors (Lipinski definition) is 2. The van der Waals surface area contributed by atoms with Gasteiger partial charge in [0.05, 0.1) is 0 Å². The van der Waals surface area contributed by atoms with E-state index in [1.807, 2.05) is 6.92 Å². The molecule has 0 fully saturated rings. The maximum atomic E-state index is 5.75. The van der Waals surface area contributed by atoms with E-state index in [1.165, 1.54) is 10.5 Å². The first-order valence-corrected chi connectivity index (χ1v) is 5.76. The third-order valence-electron chi connectivity index (χ3n) is 1.70. The van der Waals surface area contributed by atoms with Crippen LogP contribution in [0.1, 0.15) is 18.5 Å². The van der Waals surface area contributed by atoms with E-state index in [0.29, 0.717) is 0 Å². The molecule has 12 heavy (non-hydrogen) atoms. The second-order valence-corrected chi connectivity index (χ2v) is 4.39. The van der Waals surface area contributed by atoms with Crippen LogP contribution in [0.4, 0.5) is 0 Å². The van der Waals surface area contributed by atoms with Crippen LogP contribution in [0.5, 0.6) is 0 Å². The molecule has 1 aromatic carbocycles. The maximum absolute atomic E-state index is 5.75. The third-order valence-corrected chi connectivity index (χ3v) is 3.42. The molecule has 0 aliphatic heterocycles. The lowest BCUT2D eigenvalue weighted by molar-refractivity contribution is 0.816. The number of nitrogens with two attached hydrogens (primary N) is 1. The molecule has 0 amide bonds. The van der Waals surface area contributed by atoms with Gasteiger partial charge in [0.25, 0.3) is 0 Å². The Hall–Kier alpha value is 0.01000. The monoisotopic (exact) mass is 245 g/mol. The molecule has 1 atom stereocenters. The molecule has 1 rings (SSSR count). The molecule has 1 aromatic rings. The van der Waals surface area contributed by atoms with Crippen molar-refractivity contribution in [2.24, 2.45) is 5.73 Å². The van der Waals surface area contributed by atoms with Crippen LogP contribution >= 0.6 is 27.7 Å². The Morgan fingerprint density at radius 1 is 1.50 bits per heavy atom. The normalized spacial score (nSPS) is 13.0. The van der Waals surface area contributed by atoms with Gasteiger partial charge in [0.1, 0.15) is 0 Å². The predicted molar refractivity (Wildman–Crippen MR) is 58.5 cm³/mol. The highest BCUT2D eigenvalue weighted by Gasteiger charge is 2.02. The Kier molecular flexibility index (Phi) is 3.62. The maximum Gasteiger partial charge on any atom is 0.0314 e. The Morgan fingerprint density at radius 2 is 2.17 bits per heavy atom. The summed E-state index contributed by atoms with van der Waals surface area (Å²) in [5.74, 6) is 0. The van der Waals surface area contributed by atoms with Crippen LogP contribution in [0, 0.1) is 0 Å². The summed E-state index contributed by atoms with van der Waals surface area (Å²) in [5, 5.41) is 0. The van der Waals surface area contributed by atoms with Crippen LogP contribution in [-0.4, -0.2) is 6.26 Å². The summed E-state index contributed by atoms with van der Waals surface area (Å²) in [5.41, 5.74) is 6.91. The van der Waals surface area contributed by atoms with Crippen molar-refractivity contribution in [1.82, 2.24) is 0 Å². The molecule has 0 bridgehead atoms. The number of benzene rings is 1. The molecule has 0 saturated carbocycles. The van der Waals surface area contributed by atoms with Crippen molar-refractivity contribution >= 4 is 27.7 Å². The van der Waals surface area contributed by atoms with Crippen LogP contribution in [0.25, 0.3) is 0 Å². The smallest absolute Gasteiger partial charge is 0.0314 e. The highest BCUT2D eigenvalue weighted by molar-refractivity contribution is 9.10. The molecule has 2 N–H and O–H groups in total. The molecule has 0 aliphatic rings. The van der Waals surface area contributed by atoms with Gasteiger partial charge in [-0.25, -0.2) is 0 Å². The third kappa shape index (κ3) is 2.25. The van der Waals surface area contributed by atoms with Crippen molar-refractivity contribution in [3.05, 3.63) is 28.2 Å². The standard InChI is InChI=1S/C9H12BrNS/c1-6(11)7-3-4-9(12-2)8(10)5-7/h3-6H,11H2,1-2H3/t6-/m0/s1. The summed E-state index contributed by atoms with van der Waals surface area (Å²) in [6.07, 6.45) is 2.06. The number of halogens is 1. The minimum atomic E-state index is 0.109. The summed E-state index contributed by atoms with van der Waals surface area (Å²) < 4.78 is 1.13. The fourth-order valence-corrected chi connectivity index (χ4v) is 2.31. The molecule has 0 heterocycles. The lowest BCUT2D eigenvalue weighted by Crippen LogP contribution is -2.04. The van der Waals surface area contributed by atoms with Gasteiger partial charge in [0, 0.05) is 15.4 Å². The van der Waals surface area contributed by atoms with Crippen LogP contribution in [0.3, 0.4) is 0 Å². The van der Waals surface area contributed by atoms with Gasteiger partial charge >= 0.3 is 0 Å². The van der Waals surface area contributed by atoms with E-state index in [-0.39, 0.29) is 6.04 Å². The Morgan fingerprint density at radius 3 is 2.58 bits per heavy atom. The fourth-order valence-electron chi connectivity index (χ4n) is 0.966. The zero-order valence-corrected chi connectivity index (χ0v) is 9.58. The van der Waals surface area contributed by atoms with Crippen LogP contribution in [-0.2, 0) is 0 Å². The summed E-state index contributed by atoms with van der Waals surface area (Å²) in [6, 6.07) is 6.35. The molecule has 3 heteroatoms. The molecule has 0 spiro atoms.